The molecule has 6 nitrogen and oxygen atoms in total. The number of amides is 1. The number of hydrogen-bond acceptors (Lipinski definition) is 4. The molecular formula is C12H15N5O. The summed E-state index contributed by atoms with van der Waals surface area (Å²) in [7, 11) is 1.82. The van der Waals surface area contributed by atoms with Gasteiger partial charge in [-0.1, -0.05) is 6.92 Å². The summed E-state index contributed by atoms with van der Waals surface area (Å²) in [6.45, 7) is 1.99. The first-order chi connectivity index (χ1) is 8.60. The van der Waals surface area contributed by atoms with Gasteiger partial charge in [0, 0.05) is 13.2 Å². The molecule has 0 saturated heterocycles. The number of hydrogen-bond donors (Lipinski definition) is 2. The lowest BCUT2D eigenvalue weighted by Gasteiger charge is -2.03. The number of nitrogens with one attached hydrogen (secondary N) is 1. The molecule has 2 heterocycles. The zero-order chi connectivity index (χ0) is 13.1. The van der Waals surface area contributed by atoms with E-state index in [4.69, 9.17) is 5.73 Å². The molecule has 94 valence electrons. The molecule has 3 N–H and O–H groups in total. The molecule has 0 aliphatic carbocycles. The summed E-state index contributed by atoms with van der Waals surface area (Å²) in [6.07, 6.45) is 3.98. The van der Waals surface area contributed by atoms with Gasteiger partial charge in [-0.3, -0.25) is 9.48 Å². The van der Waals surface area contributed by atoms with Crippen molar-refractivity contribution in [1.82, 2.24) is 14.8 Å². The third kappa shape index (κ3) is 2.48. The second-order valence-electron chi connectivity index (χ2n) is 3.95. The Labute approximate surface area is 105 Å². The molecule has 0 unspecified atom stereocenters. The van der Waals surface area contributed by atoms with E-state index in [2.05, 4.69) is 15.4 Å². The van der Waals surface area contributed by atoms with Crippen LogP contribution in [-0.2, 0) is 13.5 Å². The van der Waals surface area contributed by atoms with Gasteiger partial charge in [-0.2, -0.15) is 5.10 Å². The Hall–Kier alpha value is -2.37. The number of aryl methyl sites for hydroxylation is 2. The second-order valence-corrected chi connectivity index (χ2v) is 3.95. The molecule has 0 aliphatic heterocycles. The molecule has 0 radical (unpaired) electrons. The zero-order valence-corrected chi connectivity index (χ0v) is 10.3. The van der Waals surface area contributed by atoms with Gasteiger partial charge in [0.15, 0.2) is 0 Å². The molecule has 0 bridgehead atoms. The van der Waals surface area contributed by atoms with Crippen LogP contribution in [0.4, 0.5) is 11.4 Å². The molecule has 1 amide bonds. The number of nitrogen functional groups attached to an aromatic ring is 1. The molecule has 18 heavy (non-hydrogen) atoms. The van der Waals surface area contributed by atoms with Crippen LogP contribution in [0.15, 0.2) is 24.5 Å². The van der Waals surface area contributed by atoms with Gasteiger partial charge >= 0.3 is 0 Å². The van der Waals surface area contributed by atoms with E-state index in [0.29, 0.717) is 17.1 Å². The lowest BCUT2D eigenvalue weighted by molar-refractivity contribution is 0.102. The fourth-order valence-corrected chi connectivity index (χ4v) is 1.63. The van der Waals surface area contributed by atoms with Crippen LogP contribution < -0.4 is 11.1 Å². The number of nitrogens with zero attached hydrogens (tertiary/aromatic N) is 3. The highest BCUT2D eigenvalue weighted by Gasteiger charge is 2.12. The van der Waals surface area contributed by atoms with Gasteiger partial charge in [-0.15, -0.1) is 0 Å². The quantitative estimate of drug-likeness (QED) is 0.851. The van der Waals surface area contributed by atoms with E-state index in [1.165, 1.54) is 6.20 Å². The van der Waals surface area contributed by atoms with Crippen molar-refractivity contribution >= 4 is 17.3 Å². The molecule has 0 spiro atoms. The second kappa shape index (κ2) is 4.87. The van der Waals surface area contributed by atoms with Crippen molar-refractivity contribution in [2.75, 3.05) is 11.1 Å². The lowest BCUT2D eigenvalue weighted by Crippen LogP contribution is -2.14. The maximum atomic E-state index is 12.0. The molecule has 0 atom stereocenters. The van der Waals surface area contributed by atoms with Crippen LogP contribution in [0.25, 0.3) is 0 Å². The van der Waals surface area contributed by atoms with E-state index < -0.39 is 0 Å². The van der Waals surface area contributed by atoms with E-state index in [1.54, 1.807) is 23.0 Å². The maximum Gasteiger partial charge on any atom is 0.274 e. The van der Waals surface area contributed by atoms with Crippen LogP contribution in [-0.4, -0.2) is 20.7 Å². The van der Waals surface area contributed by atoms with Crippen molar-refractivity contribution in [2.45, 2.75) is 13.3 Å². The number of carbonyl (C=O) groups is 1. The largest absolute Gasteiger partial charge is 0.397 e. The van der Waals surface area contributed by atoms with Crippen molar-refractivity contribution < 1.29 is 4.79 Å². The third-order valence-electron chi connectivity index (χ3n) is 2.51. The Balaban J connectivity index is 2.18. The number of aromatic nitrogens is 3. The fraction of sp³-hybridized carbons (Fsp3) is 0.250. The zero-order valence-electron chi connectivity index (χ0n) is 10.3. The first-order valence-corrected chi connectivity index (χ1v) is 5.65. The van der Waals surface area contributed by atoms with Crippen LogP contribution in [0, 0.1) is 0 Å². The summed E-state index contributed by atoms with van der Waals surface area (Å²) in [5, 5.41) is 7.04. The van der Waals surface area contributed by atoms with Crippen molar-refractivity contribution in [2.24, 2.45) is 7.05 Å². The standard InChI is InChI=1S/C12H15N5O/c1-3-9-11(7-17(2)16-9)15-12(18)10-5-4-8(13)6-14-10/h4-7H,3,13H2,1-2H3,(H,15,18). The van der Waals surface area contributed by atoms with Crippen LogP contribution >= 0.6 is 0 Å². The SMILES string of the molecule is CCc1nn(C)cc1NC(=O)c1ccc(N)cn1. The highest BCUT2D eigenvalue weighted by molar-refractivity contribution is 6.03. The Morgan fingerprint density at radius 3 is 2.89 bits per heavy atom. The van der Waals surface area contributed by atoms with Crippen molar-refractivity contribution in [1.29, 1.82) is 0 Å². The number of anilines is 2. The predicted molar refractivity (Wildman–Crippen MR) is 69.2 cm³/mol. The molecule has 0 saturated carbocycles. The smallest absolute Gasteiger partial charge is 0.274 e. The summed E-state index contributed by atoms with van der Waals surface area (Å²) < 4.78 is 1.67. The topological polar surface area (TPSA) is 85.8 Å². The number of pyridine rings is 1. The third-order valence-corrected chi connectivity index (χ3v) is 2.51. The van der Waals surface area contributed by atoms with Gasteiger partial charge in [-0.25, -0.2) is 4.98 Å². The van der Waals surface area contributed by atoms with E-state index in [-0.39, 0.29) is 5.91 Å². The Bertz CT molecular complexity index is 558. The monoisotopic (exact) mass is 245 g/mol. The number of nitrogens with two attached hydrogens (primary N) is 1. The van der Waals surface area contributed by atoms with Crippen molar-refractivity contribution in [3.8, 4) is 0 Å². The number of carbonyl (C=O) groups excluding carboxylic acids is 1. The molecule has 2 rings (SSSR count). The van der Waals surface area contributed by atoms with Gasteiger partial charge in [0.25, 0.3) is 5.91 Å². The number of rotatable bonds is 3. The molecule has 6 heteroatoms. The fourth-order valence-electron chi connectivity index (χ4n) is 1.63. The highest BCUT2D eigenvalue weighted by Crippen LogP contribution is 2.14. The summed E-state index contributed by atoms with van der Waals surface area (Å²) in [6, 6.07) is 3.23. The van der Waals surface area contributed by atoms with Gasteiger partial charge in [-0.05, 0) is 18.6 Å². The summed E-state index contributed by atoms with van der Waals surface area (Å²) in [5.41, 5.74) is 7.94. The minimum Gasteiger partial charge on any atom is -0.397 e. The van der Waals surface area contributed by atoms with Crippen LogP contribution in [0.3, 0.4) is 0 Å². The van der Waals surface area contributed by atoms with Crippen molar-refractivity contribution in [3.63, 3.8) is 0 Å². The summed E-state index contributed by atoms with van der Waals surface area (Å²) in [5.74, 6) is -0.266. The molecule has 0 fully saturated rings. The Kier molecular flexibility index (Phi) is 3.27. The first kappa shape index (κ1) is 12.1. The van der Waals surface area contributed by atoms with E-state index in [0.717, 1.165) is 12.1 Å². The lowest BCUT2D eigenvalue weighted by atomic mass is 10.2. The average Bonchev–Trinajstić information content (AvgIpc) is 2.70. The van der Waals surface area contributed by atoms with E-state index >= 15 is 0 Å². The summed E-state index contributed by atoms with van der Waals surface area (Å²) >= 11 is 0. The maximum absolute atomic E-state index is 12.0. The normalized spacial score (nSPS) is 10.3. The minimum atomic E-state index is -0.266. The minimum absolute atomic E-state index is 0.266. The van der Waals surface area contributed by atoms with Gasteiger partial charge in [0.1, 0.15) is 5.69 Å². The van der Waals surface area contributed by atoms with Crippen molar-refractivity contribution in [3.05, 3.63) is 35.9 Å². The van der Waals surface area contributed by atoms with Gasteiger partial charge in [0.05, 0.1) is 23.3 Å². The van der Waals surface area contributed by atoms with Gasteiger partial charge in [0.2, 0.25) is 0 Å². The Morgan fingerprint density at radius 1 is 1.50 bits per heavy atom. The van der Waals surface area contributed by atoms with E-state index in [1.807, 2.05) is 14.0 Å². The summed E-state index contributed by atoms with van der Waals surface area (Å²) in [4.78, 5) is 15.9. The molecule has 0 aliphatic rings. The first-order valence-electron chi connectivity index (χ1n) is 5.65. The molecular weight excluding hydrogens is 230 g/mol. The van der Waals surface area contributed by atoms with Gasteiger partial charge < -0.3 is 11.1 Å². The van der Waals surface area contributed by atoms with Crippen LogP contribution in [0.5, 0.6) is 0 Å². The molecule has 2 aromatic rings. The van der Waals surface area contributed by atoms with Crippen LogP contribution in [0.2, 0.25) is 0 Å². The average molecular weight is 245 g/mol. The molecule has 2 aromatic heterocycles. The highest BCUT2D eigenvalue weighted by atomic mass is 16.1. The molecule has 0 aromatic carbocycles. The van der Waals surface area contributed by atoms with Crippen LogP contribution in [0.1, 0.15) is 23.1 Å². The van der Waals surface area contributed by atoms with E-state index in [9.17, 15) is 4.79 Å². The Morgan fingerprint density at radius 2 is 2.28 bits per heavy atom. The predicted octanol–water partition coefficient (Wildman–Crippen LogP) is 1.21.